The van der Waals surface area contributed by atoms with Crippen molar-refractivity contribution in [2.45, 2.75) is 31.8 Å². The molecule has 13 heavy (non-hydrogen) atoms. The van der Waals surface area contributed by atoms with Gasteiger partial charge < -0.3 is 5.32 Å². The predicted molar refractivity (Wildman–Crippen MR) is 56.0 cm³/mol. The van der Waals surface area contributed by atoms with E-state index in [4.69, 9.17) is 11.6 Å². The second kappa shape index (κ2) is 3.69. The van der Waals surface area contributed by atoms with Crippen LogP contribution in [0.5, 0.6) is 0 Å². The molecule has 1 atom stereocenters. The average molecular weight is 196 g/mol. The zero-order valence-electron chi connectivity index (χ0n) is 7.76. The highest BCUT2D eigenvalue weighted by Gasteiger charge is 2.22. The maximum atomic E-state index is 5.81. The molecule has 0 amide bonds. The van der Waals surface area contributed by atoms with Crippen LogP contribution in [-0.4, -0.2) is 6.04 Å². The van der Waals surface area contributed by atoms with Gasteiger partial charge in [0.05, 0.1) is 0 Å². The summed E-state index contributed by atoms with van der Waals surface area (Å²) in [5, 5.41) is 4.35. The van der Waals surface area contributed by atoms with Crippen LogP contribution in [0.3, 0.4) is 0 Å². The summed E-state index contributed by atoms with van der Waals surface area (Å²) in [4.78, 5) is 0. The third-order valence-electron chi connectivity index (χ3n) is 2.43. The maximum absolute atomic E-state index is 5.81. The van der Waals surface area contributed by atoms with E-state index < -0.39 is 0 Å². The van der Waals surface area contributed by atoms with Gasteiger partial charge in [-0.1, -0.05) is 23.7 Å². The van der Waals surface area contributed by atoms with Crippen LogP contribution in [0.2, 0.25) is 5.02 Å². The van der Waals surface area contributed by atoms with Gasteiger partial charge in [0.25, 0.3) is 0 Å². The van der Waals surface area contributed by atoms with Crippen molar-refractivity contribution in [1.29, 1.82) is 0 Å². The van der Waals surface area contributed by atoms with E-state index in [9.17, 15) is 0 Å². The fourth-order valence-electron chi connectivity index (χ4n) is 1.45. The highest BCUT2D eigenvalue weighted by atomic mass is 35.5. The number of hydrogen-bond donors (Lipinski definition) is 1. The van der Waals surface area contributed by atoms with Gasteiger partial charge in [0, 0.05) is 17.1 Å². The van der Waals surface area contributed by atoms with Crippen molar-refractivity contribution in [1.82, 2.24) is 5.32 Å². The van der Waals surface area contributed by atoms with Gasteiger partial charge in [0.2, 0.25) is 0 Å². The molecule has 0 spiro atoms. The summed E-state index contributed by atoms with van der Waals surface area (Å²) >= 11 is 5.81. The van der Waals surface area contributed by atoms with Crippen LogP contribution in [0, 0.1) is 0 Å². The average Bonchev–Trinajstić information content (AvgIpc) is 2.89. The molecule has 0 aliphatic heterocycles. The molecule has 0 radical (unpaired) electrons. The molecule has 1 fully saturated rings. The third kappa shape index (κ3) is 2.45. The number of hydrogen-bond acceptors (Lipinski definition) is 1. The second-order valence-electron chi connectivity index (χ2n) is 3.71. The van der Waals surface area contributed by atoms with E-state index in [0.29, 0.717) is 6.04 Å². The van der Waals surface area contributed by atoms with Crippen LogP contribution in [0.25, 0.3) is 0 Å². The molecule has 0 saturated heterocycles. The van der Waals surface area contributed by atoms with Gasteiger partial charge in [-0.2, -0.15) is 0 Å². The molecule has 0 aromatic heterocycles. The number of nitrogens with one attached hydrogen (secondary N) is 1. The van der Waals surface area contributed by atoms with Crippen LogP contribution in [-0.2, 0) is 0 Å². The molecule has 1 aliphatic rings. The van der Waals surface area contributed by atoms with Crippen LogP contribution < -0.4 is 5.32 Å². The Morgan fingerprint density at radius 3 is 2.46 bits per heavy atom. The largest absolute Gasteiger partial charge is 0.307 e. The van der Waals surface area contributed by atoms with E-state index in [1.807, 2.05) is 12.1 Å². The van der Waals surface area contributed by atoms with Crippen molar-refractivity contribution in [3.05, 3.63) is 34.9 Å². The van der Waals surface area contributed by atoms with Crippen LogP contribution in [0.4, 0.5) is 0 Å². The van der Waals surface area contributed by atoms with Crippen molar-refractivity contribution < 1.29 is 0 Å². The van der Waals surface area contributed by atoms with Gasteiger partial charge in [-0.3, -0.25) is 0 Å². The number of benzene rings is 1. The van der Waals surface area contributed by atoms with Crippen molar-refractivity contribution in [3.63, 3.8) is 0 Å². The molecule has 1 saturated carbocycles. The topological polar surface area (TPSA) is 12.0 Å². The van der Waals surface area contributed by atoms with Gasteiger partial charge in [-0.15, -0.1) is 0 Å². The molecule has 2 heteroatoms. The first-order valence-electron chi connectivity index (χ1n) is 4.77. The normalized spacial score (nSPS) is 18.6. The molecule has 2 rings (SSSR count). The van der Waals surface area contributed by atoms with Gasteiger partial charge >= 0.3 is 0 Å². The first kappa shape index (κ1) is 9.04. The Bertz CT molecular complexity index is 277. The fourth-order valence-corrected chi connectivity index (χ4v) is 1.58. The Morgan fingerprint density at radius 2 is 1.92 bits per heavy atom. The summed E-state index contributed by atoms with van der Waals surface area (Å²) in [7, 11) is 0. The Balaban J connectivity index is 2.01. The van der Waals surface area contributed by atoms with Gasteiger partial charge in [-0.05, 0) is 37.5 Å². The van der Waals surface area contributed by atoms with E-state index in [1.54, 1.807) is 0 Å². The predicted octanol–water partition coefficient (Wildman–Crippen LogP) is 3.15. The van der Waals surface area contributed by atoms with E-state index in [1.165, 1.54) is 18.4 Å². The second-order valence-corrected chi connectivity index (χ2v) is 4.15. The Hall–Kier alpha value is -0.530. The quantitative estimate of drug-likeness (QED) is 0.782. The highest BCUT2D eigenvalue weighted by molar-refractivity contribution is 6.30. The maximum Gasteiger partial charge on any atom is 0.0406 e. The molecule has 0 heterocycles. The molecule has 1 nitrogen and oxygen atoms in total. The zero-order chi connectivity index (χ0) is 9.26. The molecule has 1 aromatic rings. The standard InChI is InChI=1S/C11H14ClN/c1-8(13-11-6-7-11)9-2-4-10(12)5-3-9/h2-5,8,11,13H,6-7H2,1H3/t8-/m1/s1. The molecular weight excluding hydrogens is 182 g/mol. The van der Waals surface area contributed by atoms with Crippen molar-refractivity contribution >= 4 is 11.6 Å². The lowest BCUT2D eigenvalue weighted by molar-refractivity contribution is 0.571. The lowest BCUT2D eigenvalue weighted by Gasteiger charge is -2.13. The smallest absolute Gasteiger partial charge is 0.0406 e. The Morgan fingerprint density at radius 1 is 1.31 bits per heavy atom. The van der Waals surface area contributed by atoms with Crippen molar-refractivity contribution in [3.8, 4) is 0 Å². The van der Waals surface area contributed by atoms with Crippen molar-refractivity contribution in [2.24, 2.45) is 0 Å². The monoisotopic (exact) mass is 195 g/mol. The summed E-state index contributed by atoms with van der Waals surface area (Å²) in [5.41, 5.74) is 1.32. The van der Waals surface area contributed by atoms with E-state index in [0.717, 1.165) is 11.1 Å². The van der Waals surface area contributed by atoms with Crippen LogP contribution >= 0.6 is 11.6 Å². The van der Waals surface area contributed by atoms with Gasteiger partial charge in [-0.25, -0.2) is 0 Å². The number of halogens is 1. The van der Waals surface area contributed by atoms with Gasteiger partial charge in [0.1, 0.15) is 0 Å². The summed E-state index contributed by atoms with van der Waals surface area (Å²) < 4.78 is 0. The lowest BCUT2D eigenvalue weighted by Crippen LogP contribution is -2.20. The minimum Gasteiger partial charge on any atom is -0.307 e. The SMILES string of the molecule is C[C@@H](NC1CC1)c1ccc(Cl)cc1. The summed E-state index contributed by atoms with van der Waals surface area (Å²) in [5.74, 6) is 0. The molecule has 1 N–H and O–H groups in total. The number of rotatable bonds is 3. The molecule has 0 bridgehead atoms. The molecular formula is C11H14ClN. The fraction of sp³-hybridized carbons (Fsp3) is 0.455. The minimum absolute atomic E-state index is 0.449. The first-order chi connectivity index (χ1) is 6.25. The summed E-state index contributed by atoms with van der Waals surface area (Å²) in [6.07, 6.45) is 2.66. The Kier molecular flexibility index (Phi) is 2.56. The lowest BCUT2D eigenvalue weighted by atomic mass is 10.1. The van der Waals surface area contributed by atoms with Crippen LogP contribution in [0.1, 0.15) is 31.4 Å². The molecule has 1 aliphatic carbocycles. The van der Waals surface area contributed by atoms with Crippen LogP contribution in [0.15, 0.2) is 24.3 Å². The minimum atomic E-state index is 0.449. The first-order valence-corrected chi connectivity index (χ1v) is 5.15. The van der Waals surface area contributed by atoms with Crippen molar-refractivity contribution in [2.75, 3.05) is 0 Å². The van der Waals surface area contributed by atoms with E-state index in [2.05, 4.69) is 24.4 Å². The molecule has 0 unspecified atom stereocenters. The molecule has 1 aromatic carbocycles. The van der Waals surface area contributed by atoms with Gasteiger partial charge in [0.15, 0.2) is 0 Å². The Labute approximate surface area is 84.1 Å². The summed E-state index contributed by atoms with van der Waals surface area (Å²) in [6, 6.07) is 9.27. The molecule has 70 valence electrons. The summed E-state index contributed by atoms with van der Waals surface area (Å²) in [6.45, 7) is 2.20. The zero-order valence-corrected chi connectivity index (χ0v) is 8.51. The van der Waals surface area contributed by atoms with E-state index >= 15 is 0 Å². The van der Waals surface area contributed by atoms with E-state index in [-0.39, 0.29) is 0 Å². The third-order valence-corrected chi connectivity index (χ3v) is 2.69. The highest BCUT2D eigenvalue weighted by Crippen LogP contribution is 2.24.